The van der Waals surface area contributed by atoms with Crippen molar-refractivity contribution in [2.45, 2.75) is 18.5 Å². The van der Waals surface area contributed by atoms with Crippen LogP contribution < -0.4 is 20.1 Å². The van der Waals surface area contributed by atoms with E-state index in [4.69, 9.17) is 9.47 Å². The summed E-state index contributed by atoms with van der Waals surface area (Å²) in [7, 11) is 1.23. The van der Waals surface area contributed by atoms with E-state index in [0.717, 1.165) is 21.1 Å². The van der Waals surface area contributed by atoms with Crippen molar-refractivity contribution in [2.24, 2.45) is 0 Å². The highest BCUT2D eigenvalue weighted by atomic mass is 32.1. The summed E-state index contributed by atoms with van der Waals surface area (Å²) in [5.41, 5.74) is 0.555. The number of hydrogen-bond donors (Lipinski definition) is 2. The van der Waals surface area contributed by atoms with Crippen molar-refractivity contribution in [3.8, 4) is 11.5 Å². The first-order valence-corrected chi connectivity index (χ1v) is 12.6. The van der Waals surface area contributed by atoms with Gasteiger partial charge >= 0.3 is 12.0 Å². The highest BCUT2D eigenvalue weighted by molar-refractivity contribution is 7.14. The number of carbonyl (C=O) groups is 4. The van der Waals surface area contributed by atoms with Gasteiger partial charge in [-0.2, -0.15) is 0 Å². The van der Waals surface area contributed by atoms with Gasteiger partial charge in [0.2, 0.25) is 5.91 Å². The minimum atomic E-state index is -1.15. The Hall–Kier alpha value is -3.97. The van der Waals surface area contributed by atoms with Gasteiger partial charge in [-0.15, -0.1) is 22.7 Å². The number of rotatable bonds is 7. The van der Waals surface area contributed by atoms with Crippen molar-refractivity contribution in [1.82, 2.24) is 15.2 Å². The zero-order chi connectivity index (χ0) is 25.2. The number of anilines is 1. The highest BCUT2D eigenvalue weighted by Gasteiger charge is 2.45. The van der Waals surface area contributed by atoms with E-state index >= 15 is 0 Å². The third kappa shape index (κ3) is 4.62. The molecule has 4 heterocycles. The van der Waals surface area contributed by atoms with E-state index < -0.39 is 35.9 Å². The number of ether oxygens (including phenoxy) is 3. The molecule has 2 aliphatic heterocycles. The lowest BCUT2D eigenvalue weighted by Gasteiger charge is -2.24. The Morgan fingerprint density at radius 3 is 2.78 bits per heavy atom. The summed E-state index contributed by atoms with van der Waals surface area (Å²) in [5, 5.41) is 8.73. The van der Waals surface area contributed by atoms with E-state index in [1.54, 1.807) is 18.2 Å². The van der Waals surface area contributed by atoms with Crippen LogP contribution in [-0.2, 0) is 20.7 Å². The molecule has 0 bridgehead atoms. The fraction of sp³-hybridized carbons (Fsp3) is 0.261. The van der Waals surface area contributed by atoms with Gasteiger partial charge in [0, 0.05) is 16.7 Å². The zero-order valence-corrected chi connectivity index (χ0v) is 20.5. The van der Waals surface area contributed by atoms with Crippen molar-refractivity contribution in [1.29, 1.82) is 0 Å². The molecule has 1 saturated heterocycles. The molecule has 186 valence electrons. The van der Waals surface area contributed by atoms with Crippen molar-refractivity contribution in [3.05, 3.63) is 57.2 Å². The molecule has 5 rings (SSSR count). The maximum Gasteiger partial charge on any atom is 0.357 e. The van der Waals surface area contributed by atoms with Crippen LogP contribution in [-0.4, -0.2) is 60.1 Å². The van der Waals surface area contributed by atoms with Gasteiger partial charge in [0.25, 0.3) is 5.91 Å². The minimum Gasteiger partial charge on any atom is -0.486 e. The first-order valence-electron chi connectivity index (χ1n) is 10.8. The standard InChI is InChI=1S/C23H20N4O7S2/c1-32-21(30)14-11-36-22(24-14)26-19(28)15(10-13-3-2-8-35-13)27-20(29)18(25-23(27)31)12-4-5-16-17(9-12)34-7-6-33-16/h2-5,8-9,11,15,18H,6-7,10H2,1H3,(H,25,31)(H,24,26,28). The number of thiophene rings is 1. The summed E-state index contributed by atoms with van der Waals surface area (Å²) >= 11 is 2.44. The predicted octanol–water partition coefficient (Wildman–Crippen LogP) is 2.61. The van der Waals surface area contributed by atoms with Gasteiger partial charge in [-0.1, -0.05) is 12.1 Å². The van der Waals surface area contributed by atoms with Crippen LogP contribution in [0, 0.1) is 0 Å². The minimum absolute atomic E-state index is 0.0428. The molecule has 0 spiro atoms. The largest absolute Gasteiger partial charge is 0.486 e. The van der Waals surface area contributed by atoms with Gasteiger partial charge < -0.3 is 24.8 Å². The number of carbonyl (C=O) groups excluding carboxylic acids is 4. The molecule has 36 heavy (non-hydrogen) atoms. The van der Waals surface area contributed by atoms with E-state index in [-0.39, 0.29) is 17.2 Å². The lowest BCUT2D eigenvalue weighted by molar-refractivity contribution is -0.134. The van der Waals surface area contributed by atoms with Crippen LogP contribution in [0.15, 0.2) is 41.1 Å². The summed E-state index contributed by atoms with van der Waals surface area (Å²) < 4.78 is 15.8. The number of thiazole rings is 1. The smallest absolute Gasteiger partial charge is 0.357 e. The maximum atomic E-state index is 13.5. The SMILES string of the molecule is COC(=O)c1csc(NC(=O)C(Cc2cccs2)N2C(=O)NC(c3ccc4c(c3)OCCO4)C2=O)n1. The molecule has 1 aromatic carbocycles. The maximum absolute atomic E-state index is 13.5. The Labute approximate surface area is 213 Å². The quantitative estimate of drug-likeness (QED) is 0.353. The number of nitrogens with one attached hydrogen (secondary N) is 2. The summed E-state index contributed by atoms with van der Waals surface area (Å²) in [5.74, 6) is -0.776. The molecule has 2 aliphatic rings. The van der Waals surface area contributed by atoms with Crippen LogP contribution in [0.4, 0.5) is 9.93 Å². The number of benzene rings is 1. The zero-order valence-electron chi connectivity index (χ0n) is 18.9. The molecule has 0 saturated carbocycles. The van der Waals surface area contributed by atoms with Gasteiger partial charge in [-0.25, -0.2) is 19.5 Å². The average molecular weight is 529 g/mol. The molecule has 3 aromatic rings. The molecule has 1 fully saturated rings. The van der Waals surface area contributed by atoms with Gasteiger partial charge in [0.05, 0.1) is 7.11 Å². The Kier molecular flexibility index (Phi) is 6.57. The van der Waals surface area contributed by atoms with E-state index in [9.17, 15) is 19.2 Å². The number of fused-ring (bicyclic) bond motifs is 1. The van der Waals surface area contributed by atoms with E-state index in [2.05, 4.69) is 20.4 Å². The van der Waals surface area contributed by atoms with Gasteiger partial charge in [0.15, 0.2) is 22.3 Å². The first-order chi connectivity index (χ1) is 17.4. The molecular weight excluding hydrogens is 508 g/mol. The summed E-state index contributed by atoms with van der Waals surface area (Å²) in [4.78, 5) is 57.3. The Morgan fingerprint density at radius 1 is 1.22 bits per heavy atom. The van der Waals surface area contributed by atoms with E-state index in [0.29, 0.717) is 30.3 Å². The van der Waals surface area contributed by atoms with Crippen molar-refractivity contribution in [3.63, 3.8) is 0 Å². The lowest BCUT2D eigenvalue weighted by Crippen LogP contribution is -2.49. The monoisotopic (exact) mass is 528 g/mol. The number of methoxy groups -OCH3 is 1. The Bertz CT molecular complexity index is 1320. The van der Waals surface area contributed by atoms with Crippen molar-refractivity contribution in [2.75, 3.05) is 25.6 Å². The molecule has 2 unspecified atom stereocenters. The molecule has 11 nitrogen and oxygen atoms in total. The summed E-state index contributed by atoms with van der Waals surface area (Å²) in [6.45, 7) is 0.810. The van der Waals surface area contributed by atoms with Crippen molar-refractivity contribution >= 4 is 51.6 Å². The Morgan fingerprint density at radius 2 is 2.03 bits per heavy atom. The fourth-order valence-electron chi connectivity index (χ4n) is 3.89. The van der Waals surface area contributed by atoms with Gasteiger partial charge in [-0.3, -0.25) is 9.59 Å². The summed E-state index contributed by atoms with van der Waals surface area (Å²) in [6, 6.07) is 5.83. The van der Waals surface area contributed by atoms with Crippen LogP contribution in [0.5, 0.6) is 11.5 Å². The molecule has 2 aromatic heterocycles. The number of nitrogens with zero attached hydrogens (tertiary/aromatic N) is 2. The molecule has 0 radical (unpaired) electrons. The second kappa shape index (κ2) is 9.95. The van der Waals surface area contributed by atoms with Crippen LogP contribution in [0.2, 0.25) is 0 Å². The number of aromatic nitrogens is 1. The lowest BCUT2D eigenvalue weighted by atomic mass is 10.0. The number of imide groups is 1. The van der Waals surface area contributed by atoms with Crippen LogP contribution >= 0.6 is 22.7 Å². The average Bonchev–Trinajstić information content (AvgIpc) is 3.63. The van der Waals surface area contributed by atoms with Crippen LogP contribution in [0.25, 0.3) is 0 Å². The number of hydrogen-bond acceptors (Lipinski definition) is 10. The van der Waals surface area contributed by atoms with Gasteiger partial charge in [0.1, 0.15) is 25.3 Å². The molecule has 13 heteroatoms. The molecular formula is C23H20N4O7S2. The second-order valence-electron chi connectivity index (χ2n) is 7.81. The first kappa shape index (κ1) is 23.8. The van der Waals surface area contributed by atoms with Crippen LogP contribution in [0.1, 0.15) is 27.0 Å². The summed E-state index contributed by atoms with van der Waals surface area (Å²) in [6.07, 6.45) is 0.117. The third-order valence-electron chi connectivity index (χ3n) is 5.59. The normalized spacial score (nSPS) is 17.5. The molecule has 0 aliphatic carbocycles. The third-order valence-corrected chi connectivity index (χ3v) is 7.24. The number of urea groups is 1. The highest BCUT2D eigenvalue weighted by Crippen LogP contribution is 2.35. The van der Waals surface area contributed by atoms with Crippen molar-refractivity contribution < 1.29 is 33.4 Å². The molecule has 4 amide bonds. The second-order valence-corrected chi connectivity index (χ2v) is 9.70. The number of esters is 1. The van der Waals surface area contributed by atoms with Crippen LogP contribution in [0.3, 0.4) is 0 Å². The number of amides is 4. The van der Waals surface area contributed by atoms with Gasteiger partial charge in [-0.05, 0) is 29.1 Å². The predicted molar refractivity (Wildman–Crippen MR) is 129 cm³/mol. The van der Waals surface area contributed by atoms with E-state index in [1.807, 2.05) is 17.5 Å². The molecule has 2 N–H and O–H groups in total. The Balaban J connectivity index is 1.40. The van der Waals surface area contributed by atoms with E-state index in [1.165, 1.54) is 23.8 Å². The molecule has 2 atom stereocenters. The fourth-order valence-corrected chi connectivity index (χ4v) is 5.32. The topological polar surface area (TPSA) is 136 Å².